The fraction of sp³-hybridized carbons (Fsp3) is 0.150. The van der Waals surface area contributed by atoms with Crippen molar-refractivity contribution in [3.63, 3.8) is 0 Å². The SMILES string of the molecule is CCc1ccc(N=C2NC(=O)/C(=C/c3cc(Br)ccc3OCC(N)=O)S2)cc1. The van der Waals surface area contributed by atoms with Gasteiger partial charge in [-0.1, -0.05) is 35.0 Å². The van der Waals surface area contributed by atoms with Crippen molar-refractivity contribution >= 4 is 56.4 Å². The molecule has 144 valence electrons. The lowest BCUT2D eigenvalue weighted by Gasteiger charge is -2.08. The Morgan fingerprint density at radius 1 is 1.29 bits per heavy atom. The number of nitrogens with two attached hydrogens (primary N) is 1. The van der Waals surface area contributed by atoms with Crippen LogP contribution in [0.3, 0.4) is 0 Å². The highest BCUT2D eigenvalue weighted by atomic mass is 79.9. The Morgan fingerprint density at radius 2 is 2.04 bits per heavy atom. The average Bonchev–Trinajstić information content (AvgIpc) is 3.00. The molecule has 0 aliphatic carbocycles. The van der Waals surface area contributed by atoms with Crippen molar-refractivity contribution in [1.82, 2.24) is 5.32 Å². The summed E-state index contributed by atoms with van der Waals surface area (Å²) in [4.78, 5) is 28.3. The van der Waals surface area contributed by atoms with E-state index in [1.54, 1.807) is 24.3 Å². The number of aliphatic imine (C=N–C) groups is 1. The number of nitrogens with zero attached hydrogens (tertiary/aromatic N) is 1. The summed E-state index contributed by atoms with van der Waals surface area (Å²) in [6.45, 7) is 1.85. The molecule has 1 aliphatic rings. The summed E-state index contributed by atoms with van der Waals surface area (Å²) in [5.41, 5.74) is 7.80. The maximum atomic E-state index is 12.3. The molecular formula is C20H18BrN3O3S. The number of hydrogen-bond donors (Lipinski definition) is 2. The smallest absolute Gasteiger partial charge is 0.264 e. The summed E-state index contributed by atoms with van der Waals surface area (Å²) in [5.74, 6) is -0.351. The maximum Gasteiger partial charge on any atom is 0.264 e. The molecule has 3 N–H and O–H groups in total. The van der Waals surface area contributed by atoms with E-state index >= 15 is 0 Å². The normalized spacial score (nSPS) is 16.4. The van der Waals surface area contributed by atoms with Crippen LogP contribution in [0.4, 0.5) is 5.69 Å². The number of amidine groups is 1. The standard InChI is InChI=1S/C20H18BrN3O3S/c1-2-12-3-6-15(7-4-12)23-20-24-19(26)17(28-20)10-13-9-14(21)5-8-16(13)27-11-18(22)25/h3-10H,2,11H2,1H3,(H2,22,25)(H,23,24,26)/b17-10-. The van der Waals surface area contributed by atoms with Gasteiger partial charge >= 0.3 is 0 Å². The molecule has 8 heteroatoms. The summed E-state index contributed by atoms with van der Waals surface area (Å²) < 4.78 is 6.25. The molecule has 0 unspecified atom stereocenters. The van der Waals surface area contributed by atoms with Crippen LogP contribution in [0.2, 0.25) is 0 Å². The maximum absolute atomic E-state index is 12.3. The highest BCUT2D eigenvalue weighted by Gasteiger charge is 2.24. The molecule has 6 nitrogen and oxygen atoms in total. The van der Waals surface area contributed by atoms with Gasteiger partial charge in [-0.05, 0) is 60.2 Å². The molecule has 0 aromatic heterocycles. The lowest BCUT2D eigenvalue weighted by atomic mass is 10.2. The van der Waals surface area contributed by atoms with Crippen molar-refractivity contribution in [2.45, 2.75) is 13.3 Å². The highest BCUT2D eigenvalue weighted by molar-refractivity contribution is 9.10. The molecular weight excluding hydrogens is 442 g/mol. The number of carbonyl (C=O) groups excluding carboxylic acids is 2. The van der Waals surface area contributed by atoms with Gasteiger partial charge in [-0.2, -0.15) is 0 Å². The minimum Gasteiger partial charge on any atom is -0.483 e. The van der Waals surface area contributed by atoms with E-state index in [-0.39, 0.29) is 12.5 Å². The van der Waals surface area contributed by atoms with Crippen LogP contribution in [-0.2, 0) is 16.0 Å². The van der Waals surface area contributed by atoms with E-state index in [2.05, 4.69) is 33.2 Å². The van der Waals surface area contributed by atoms with Crippen molar-refractivity contribution in [3.8, 4) is 5.75 Å². The van der Waals surface area contributed by atoms with E-state index in [9.17, 15) is 9.59 Å². The van der Waals surface area contributed by atoms with E-state index in [0.717, 1.165) is 16.6 Å². The number of amides is 2. The van der Waals surface area contributed by atoms with Crippen LogP contribution in [0.25, 0.3) is 6.08 Å². The van der Waals surface area contributed by atoms with Gasteiger partial charge in [-0.3, -0.25) is 9.59 Å². The van der Waals surface area contributed by atoms with Gasteiger partial charge in [0.05, 0.1) is 10.6 Å². The second kappa shape index (κ2) is 9.07. The van der Waals surface area contributed by atoms with Gasteiger partial charge in [0.15, 0.2) is 11.8 Å². The number of nitrogens with one attached hydrogen (secondary N) is 1. The van der Waals surface area contributed by atoms with Gasteiger partial charge < -0.3 is 15.8 Å². The van der Waals surface area contributed by atoms with Gasteiger partial charge in [-0.25, -0.2) is 4.99 Å². The van der Waals surface area contributed by atoms with Crippen LogP contribution in [0, 0.1) is 0 Å². The van der Waals surface area contributed by atoms with Crippen LogP contribution < -0.4 is 15.8 Å². The number of hydrogen-bond acceptors (Lipinski definition) is 5. The second-order valence-electron chi connectivity index (χ2n) is 5.94. The molecule has 2 aromatic rings. The molecule has 28 heavy (non-hydrogen) atoms. The summed E-state index contributed by atoms with van der Waals surface area (Å²) in [6, 6.07) is 13.2. The molecule has 0 atom stereocenters. The van der Waals surface area contributed by atoms with Gasteiger partial charge in [0.1, 0.15) is 5.75 Å². The predicted octanol–water partition coefficient (Wildman–Crippen LogP) is 3.77. The molecule has 0 saturated carbocycles. The van der Waals surface area contributed by atoms with Crippen LogP contribution in [-0.4, -0.2) is 23.6 Å². The fourth-order valence-electron chi connectivity index (χ4n) is 2.46. The first-order valence-electron chi connectivity index (χ1n) is 8.54. The summed E-state index contributed by atoms with van der Waals surface area (Å²) in [7, 11) is 0. The second-order valence-corrected chi connectivity index (χ2v) is 7.89. The predicted molar refractivity (Wildman–Crippen MR) is 115 cm³/mol. The number of thioether (sulfide) groups is 1. The van der Waals surface area contributed by atoms with Gasteiger partial charge in [0, 0.05) is 10.0 Å². The highest BCUT2D eigenvalue weighted by Crippen LogP contribution is 2.32. The third-order valence-corrected chi connectivity index (χ3v) is 5.26. The van der Waals surface area contributed by atoms with E-state index in [1.165, 1.54) is 17.3 Å². The molecule has 2 amide bonds. The van der Waals surface area contributed by atoms with Crippen LogP contribution in [0.1, 0.15) is 18.1 Å². The van der Waals surface area contributed by atoms with Crippen LogP contribution >= 0.6 is 27.7 Å². The van der Waals surface area contributed by atoms with E-state index < -0.39 is 5.91 Å². The molecule has 1 saturated heterocycles. The minimum atomic E-state index is -0.571. The monoisotopic (exact) mass is 459 g/mol. The van der Waals surface area contributed by atoms with E-state index in [0.29, 0.717) is 21.4 Å². The number of ether oxygens (including phenoxy) is 1. The lowest BCUT2D eigenvalue weighted by Crippen LogP contribution is -2.20. The van der Waals surface area contributed by atoms with Crippen molar-refractivity contribution in [3.05, 3.63) is 63.0 Å². The number of benzene rings is 2. The summed E-state index contributed by atoms with van der Waals surface area (Å²) >= 11 is 4.65. The topological polar surface area (TPSA) is 93.8 Å². The molecule has 2 aromatic carbocycles. The van der Waals surface area contributed by atoms with Crippen LogP contribution in [0.15, 0.2) is 56.8 Å². The van der Waals surface area contributed by atoms with Crippen LogP contribution in [0.5, 0.6) is 5.75 Å². The quantitative estimate of drug-likeness (QED) is 0.642. The van der Waals surface area contributed by atoms with Gasteiger partial charge in [0.25, 0.3) is 11.8 Å². The van der Waals surface area contributed by atoms with Crippen molar-refractivity contribution in [2.75, 3.05) is 6.61 Å². The summed E-state index contributed by atoms with van der Waals surface area (Å²) in [5, 5.41) is 3.27. The number of carbonyl (C=O) groups is 2. The van der Waals surface area contributed by atoms with Crippen molar-refractivity contribution < 1.29 is 14.3 Å². The zero-order chi connectivity index (χ0) is 20.1. The van der Waals surface area contributed by atoms with Gasteiger partial charge in [0.2, 0.25) is 0 Å². The zero-order valence-corrected chi connectivity index (χ0v) is 17.5. The first kappa shape index (κ1) is 20.2. The third kappa shape index (κ3) is 5.24. The van der Waals surface area contributed by atoms with Crippen molar-refractivity contribution in [2.24, 2.45) is 10.7 Å². The molecule has 0 spiro atoms. The first-order valence-corrected chi connectivity index (χ1v) is 10.1. The minimum absolute atomic E-state index is 0.238. The Bertz CT molecular complexity index is 971. The molecule has 0 radical (unpaired) electrons. The number of aryl methyl sites for hydroxylation is 1. The molecule has 1 heterocycles. The molecule has 3 rings (SSSR count). The van der Waals surface area contributed by atoms with Crippen molar-refractivity contribution in [1.29, 1.82) is 0 Å². The summed E-state index contributed by atoms with van der Waals surface area (Å²) in [6.07, 6.45) is 2.66. The number of primary amides is 1. The Kier molecular flexibility index (Phi) is 6.53. The zero-order valence-electron chi connectivity index (χ0n) is 15.1. The van der Waals surface area contributed by atoms with E-state index in [4.69, 9.17) is 10.5 Å². The molecule has 0 bridgehead atoms. The number of halogens is 1. The third-order valence-electron chi connectivity index (χ3n) is 3.85. The molecule has 1 fully saturated rings. The lowest BCUT2D eigenvalue weighted by molar-refractivity contribution is -0.120. The van der Waals surface area contributed by atoms with E-state index in [1.807, 2.05) is 24.3 Å². The Balaban J connectivity index is 1.83. The Labute approximate surface area is 175 Å². The Hall–Kier alpha value is -2.58. The fourth-order valence-corrected chi connectivity index (χ4v) is 3.67. The Morgan fingerprint density at radius 3 is 2.71 bits per heavy atom. The van der Waals surface area contributed by atoms with Gasteiger partial charge in [-0.15, -0.1) is 0 Å². The first-order chi connectivity index (χ1) is 13.4. The number of rotatable bonds is 6. The average molecular weight is 460 g/mol. The largest absolute Gasteiger partial charge is 0.483 e. The molecule has 1 aliphatic heterocycles.